The highest BCUT2D eigenvalue weighted by Crippen LogP contribution is 2.61. The fourth-order valence-electron chi connectivity index (χ4n) is 2.88. The highest BCUT2D eigenvalue weighted by molar-refractivity contribution is 8.55. The van der Waals surface area contributed by atoms with Gasteiger partial charge in [0.1, 0.15) is 11.5 Å². The van der Waals surface area contributed by atoms with Crippen molar-refractivity contribution in [3.05, 3.63) is 59.7 Å². The van der Waals surface area contributed by atoms with E-state index in [1.54, 1.807) is 0 Å². The van der Waals surface area contributed by atoms with Gasteiger partial charge in [-0.1, -0.05) is 38.1 Å². The van der Waals surface area contributed by atoms with Crippen LogP contribution in [-0.4, -0.2) is 24.7 Å². The molecule has 0 amide bonds. The minimum Gasteiger partial charge on any atom is -0.417 e. The summed E-state index contributed by atoms with van der Waals surface area (Å²) < 4.78 is 47.9. The Morgan fingerprint density at radius 2 is 0.971 bits per heavy atom. The third-order valence-electron chi connectivity index (χ3n) is 4.46. The highest BCUT2D eigenvalue weighted by Gasteiger charge is 2.27. The molecule has 0 N–H and O–H groups in total. The Morgan fingerprint density at radius 3 is 1.26 bits per heavy atom. The van der Waals surface area contributed by atoms with Gasteiger partial charge in [-0.05, 0) is 97.7 Å². The first-order valence-corrected chi connectivity index (χ1v) is 18.0. The molecule has 10 heteroatoms. The molecule has 0 fully saturated rings. The number of aryl methyl sites for hydroxylation is 2. The maximum Gasteiger partial charge on any atom is 0.440 e. The molecular formula is C24H36O6P2S2. The van der Waals surface area contributed by atoms with Crippen LogP contribution in [-0.2, 0) is 31.0 Å². The van der Waals surface area contributed by atoms with E-state index in [0.717, 1.165) is 48.3 Å². The molecule has 0 bridgehead atoms. The van der Waals surface area contributed by atoms with Gasteiger partial charge < -0.3 is 9.05 Å². The second-order valence-corrected chi connectivity index (χ2v) is 15.6. The Morgan fingerprint density at radius 1 is 0.618 bits per heavy atom. The molecule has 0 saturated heterocycles. The van der Waals surface area contributed by atoms with Gasteiger partial charge in [0.05, 0.1) is 13.2 Å². The van der Waals surface area contributed by atoms with Crippen molar-refractivity contribution in [3.8, 4) is 11.5 Å². The monoisotopic (exact) mass is 546 g/mol. The van der Waals surface area contributed by atoms with Crippen LogP contribution in [0.25, 0.3) is 0 Å². The van der Waals surface area contributed by atoms with Crippen LogP contribution < -0.4 is 9.05 Å². The fraction of sp³-hybridized carbons (Fsp3) is 0.500. The largest absolute Gasteiger partial charge is 0.440 e. The minimum absolute atomic E-state index is 0.344. The zero-order valence-electron chi connectivity index (χ0n) is 20.4. The van der Waals surface area contributed by atoms with Gasteiger partial charge in [0, 0.05) is 11.5 Å². The summed E-state index contributed by atoms with van der Waals surface area (Å²) in [6.07, 6.45) is 3.50. The molecule has 34 heavy (non-hydrogen) atoms. The van der Waals surface area contributed by atoms with E-state index < -0.39 is 13.6 Å². The third-order valence-corrected chi connectivity index (χ3v) is 12.4. The van der Waals surface area contributed by atoms with E-state index in [1.165, 1.54) is 22.8 Å². The number of hydrogen-bond acceptors (Lipinski definition) is 8. The lowest BCUT2D eigenvalue weighted by Gasteiger charge is -2.18. The predicted molar refractivity (Wildman–Crippen MR) is 146 cm³/mol. The van der Waals surface area contributed by atoms with E-state index in [1.807, 2.05) is 76.2 Å². The fourth-order valence-corrected chi connectivity index (χ4v) is 9.80. The lowest BCUT2D eigenvalue weighted by atomic mass is 10.0. The summed E-state index contributed by atoms with van der Waals surface area (Å²) >= 11 is 2.48. The zero-order valence-corrected chi connectivity index (χ0v) is 23.9. The first-order valence-electron chi connectivity index (χ1n) is 11.7. The van der Waals surface area contributed by atoms with Crippen LogP contribution in [0.5, 0.6) is 11.5 Å². The Bertz CT molecular complexity index is 860. The van der Waals surface area contributed by atoms with E-state index in [2.05, 4.69) is 0 Å². The second kappa shape index (κ2) is 15.3. The van der Waals surface area contributed by atoms with Crippen molar-refractivity contribution in [1.82, 2.24) is 0 Å². The Kier molecular flexibility index (Phi) is 13.2. The van der Waals surface area contributed by atoms with Crippen molar-refractivity contribution in [2.24, 2.45) is 0 Å². The van der Waals surface area contributed by atoms with E-state index in [0.29, 0.717) is 24.7 Å². The Hall–Kier alpha value is -0.880. The minimum atomic E-state index is -3.19. The van der Waals surface area contributed by atoms with E-state index in [-0.39, 0.29) is 0 Å². The number of hydrogen-bond donors (Lipinski definition) is 0. The van der Waals surface area contributed by atoms with Crippen LogP contribution in [0, 0.1) is 0 Å². The molecule has 6 nitrogen and oxygen atoms in total. The lowest BCUT2D eigenvalue weighted by molar-refractivity contribution is 0.295. The average Bonchev–Trinajstić information content (AvgIpc) is 2.82. The van der Waals surface area contributed by atoms with E-state index >= 15 is 0 Å². The van der Waals surface area contributed by atoms with Gasteiger partial charge in [-0.25, -0.2) is 9.13 Å². The van der Waals surface area contributed by atoms with Gasteiger partial charge in [-0.15, -0.1) is 0 Å². The van der Waals surface area contributed by atoms with Crippen molar-refractivity contribution in [1.29, 1.82) is 0 Å². The van der Waals surface area contributed by atoms with Crippen molar-refractivity contribution in [3.63, 3.8) is 0 Å². The van der Waals surface area contributed by atoms with Gasteiger partial charge >= 0.3 is 13.6 Å². The van der Waals surface area contributed by atoms with Crippen LogP contribution in [0.3, 0.4) is 0 Å². The molecule has 2 aromatic carbocycles. The maximum absolute atomic E-state index is 12.8. The molecule has 0 aliphatic rings. The van der Waals surface area contributed by atoms with Gasteiger partial charge in [0.15, 0.2) is 0 Å². The van der Waals surface area contributed by atoms with Gasteiger partial charge in [0.25, 0.3) is 0 Å². The topological polar surface area (TPSA) is 71.1 Å². The zero-order chi connectivity index (χ0) is 24.9. The molecule has 190 valence electrons. The molecule has 0 aliphatic heterocycles. The molecule has 2 unspecified atom stereocenters. The van der Waals surface area contributed by atoms with Crippen LogP contribution in [0.2, 0.25) is 0 Å². The summed E-state index contributed by atoms with van der Waals surface area (Å²) in [5.41, 5.74) is 2.30. The highest BCUT2D eigenvalue weighted by atomic mass is 32.7. The maximum atomic E-state index is 12.8. The van der Waals surface area contributed by atoms with Crippen molar-refractivity contribution in [2.75, 3.05) is 24.7 Å². The predicted octanol–water partition coefficient (Wildman–Crippen LogP) is 8.81. The molecule has 2 atom stereocenters. The smallest absolute Gasteiger partial charge is 0.417 e. The quantitative estimate of drug-likeness (QED) is 0.182. The molecule has 0 radical (unpaired) electrons. The Labute approximate surface area is 212 Å². The van der Waals surface area contributed by atoms with Gasteiger partial charge in [-0.3, -0.25) is 9.05 Å². The average molecular weight is 547 g/mol. The summed E-state index contributed by atoms with van der Waals surface area (Å²) in [6.45, 7) is 1.99. The summed E-state index contributed by atoms with van der Waals surface area (Å²) in [5.74, 6) is 2.54. The van der Waals surface area contributed by atoms with Crippen LogP contribution >= 0.6 is 36.4 Å². The molecular weight excluding hydrogens is 510 g/mol. The van der Waals surface area contributed by atoms with Crippen LogP contribution in [0.1, 0.15) is 51.7 Å². The van der Waals surface area contributed by atoms with E-state index in [9.17, 15) is 9.13 Å². The molecule has 0 aliphatic carbocycles. The molecule has 0 saturated carbocycles. The number of benzene rings is 2. The van der Waals surface area contributed by atoms with Crippen molar-refractivity contribution < 1.29 is 27.2 Å². The summed E-state index contributed by atoms with van der Waals surface area (Å²) in [6, 6.07) is 15.3. The van der Waals surface area contributed by atoms with Crippen LogP contribution in [0.4, 0.5) is 0 Å². The van der Waals surface area contributed by atoms with Gasteiger partial charge in [-0.2, -0.15) is 0 Å². The normalized spacial score (nSPS) is 14.8. The summed E-state index contributed by atoms with van der Waals surface area (Å²) in [7, 11) is 0. The van der Waals surface area contributed by atoms with Gasteiger partial charge in [0.2, 0.25) is 0 Å². The van der Waals surface area contributed by atoms with Crippen molar-refractivity contribution in [2.45, 2.75) is 53.4 Å². The first kappa shape index (κ1) is 29.4. The molecule has 0 heterocycles. The lowest BCUT2D eigenvalue weighted by Crippen LogP contribution is -1.97. The summed E-state index contributed by atoms with van der Waals surface area (Å²) in [4.78, 5) is 0. The molecule has 0 spiro atoms. The summed E-state index contributed by atoms with van der Waals surface area (Å²) in [5, 5.41) is 0. The van der Waals surface area contributed by atoms with E-state index in [4.69, 9.17) is 18.1 Å². The first-order chi connectivity index (χ1) is 16.3. The van der Waals surface area contributed by atoms with Crippen molar-refractivity contribution >= 4 is 36.4 Å². The van der Waals surface area contributed by atoms with Crippen LogP contribution in [0.15, 0.2) is 48.5 Å². The molecule has 0 aromatic heterocycles. The molecule has 2 rings (SSSR count). The standard InChI is InChI=1S/C24H36O6P2S2/c1-5-19-33-31(25,27-7-3)29-23-15-11-21(12-16-23)9-10-22-13-17-24(18-14-22)30-32(26,28-8-4)34-20-6-2/h11-18H,5-10,19-20H2,1-4H3. The SMILES string of the molecule is CCCSP(=O)(OCC)Oc1ccc(CCc2ccc(OP(=O)(OCC)SCCC)cc2)cc1. The number of rotatable bonds is 17. The Balaban J connectivity index is 1.92. The molecule has 2 aromatic rings. The second-order valence-electron chi connectivity index (χ2n) is 7.37. The third kappa shape index (κ3) is 10.4.